The van der Waals surface area contributed by atoms with Crippen molar-refractivity contribution in [2.75, 3.05) is 33.2 Å². The van der Waals surface area contributed by atoms with Crippen molar-refractivity contribution in [3.63, 3.8) is 0 Å². The Balaban J connectivity index is 1.47. The third-order valence-electron chi connectivity index (χ3n) is 4.95. The number of piperazine rings is 1. The van der Waals surface area contributed by atoms with E-state index < -0.39 is 6.04 Å². The molecule has 3 rings (SSSR count). The average molecular weight is 401 g/mol. The van der Waals surface area contributed by atoms with E-state index in [-0.39, 0.29) is 11.8 Å². The molecule has 0 bridgehead atoms. The van der Waals surface area contributed by atoms with Gasteiger partial charge in [0.2, 0.25) is 5.91 Å². The molecular weight excluding hydrogens is 372 g/mol. The molecule has 0 aliphatic carbocycles. The van der Waals surface area contributed by atoms with Gasteiger partial charge >= 0.3 is 0 Å². The minimum Gasteiger partial charge on any atom is -0.350 e. The number of carbonyl (C=O) groups excluding carboxylic acids is 2. The molecular formula is C21H28N4O2S. The summed E-state index contributed by atoms with van der Waals surface area (Å²) in [5.41, 5.74) is 2.33. The minimum absolute atomic E-state index is 0.186. The van der Waals surface area contributed by atoms with Crippen molar-refractivity contribution in [1.82, 2.24) is 20.4 Å². The molecule has 1 atom stereocenters. The highest BCUT2D eigenvalue weighted by Gasteiger charge is 2.17. The predicted octanol–water partition coefficient (Wildman–Crippen LogP) is 1.93. The maximum Gasteiger partial charge on any atom is 0.261 e. The summed E-state index contributed by atoms with van der Waals surface area (Å²) in [5, 5.41) is 7.49. The van der Waals surface area contributed by atoms with E-state index in [0.29, 0.717) is 11.4 Å². The molecule has 2 amide bonds. The van der Waals surface area contributed by atoms with Gasteiger partial charge in [0.25, 0.3) is 5.91 Å². The summed E-state index contributed by atoms with van der Waals surface area (Å²) in [7, 11) is 2.16. The molecule has 1 fully saturated rings. The van der Waals surface area contributed by atoms with E-state index in [2.05, 4.69) is 39.6 Å². The summed E-state index contributed by atoms with van der Waals surface area (Å²) in [4.78, 5) is 29.8. The summed E-state index contributed by atoms with van der Waals surface area (Å²) in [6, 6.07) is 11.3. The van der Waals surface area contributed by atoms with Crippen molar-refractivity contribution in [3.8, 4) is 0 Å². The van der Waals surface area contributed by atoms with E-state index in [1.165, 1.54) is 16.9 Å². The lowest BCUT2D eigenvalue weighted by Gasteiger charge is -2.32. The second-order valence-electron chi connectivity index (χ2n) is 7.29. The Hall–Kier alpha value is -2.22. The van der Waals surface area contributed by atoms with Crippen LogP contribution in [0.4, 0.5) is 0 Å². The van der Waals surface area contributed by atoms with Gasteiger partial charge in [0.1, 0.15) is 6.04 Å². The van der Waals surface area contributed by atoms with E-state index in [1.807, 2.05) is 23.6 Å². The summed E-state index contributed by atoms with van der Waals surface area (Å²) in [6.45, 7) is 7.45. The number of likely N-dealkylation sites (N-methyl/N-ethyl adjacent to an activating group) is 1. The molecule has 2 N–H and O–H groups in total. The number of nitrogens with one attached hydrogen (secondary N) is 2. The molecule has 1 saturated heterocycles. The van der Waals surface area contributed by atoms with Crippen LogP contribution in [0.5, 0.6) is 0 Å². The normalized spacial score (nSPS) is 16.5. The molecule has 0 spiro atoms. The zero-order valence-electron chi connectivity index (χ0n) is 16.5. The number of hydrogen-bond donors (Lipinski definition) is 2. The summed E-state index contributed by atoms with van der Waals surface area (Å²) in [6.07, 6.45) is 0. The zero-order chi connectivity index (χ0) is 19.9. The van der Waals surface area contributed by atoms with Crippen LogP contribution in [0.2, 0.25) is 0 Å². The average Bonchev–Trinajstić information content (AvgIpc) is 3.23. The van der Waals surface area contributed by atoms with Crippen molar-refractivity contribution in [2.45, 2.75) is 26.1 Å². The van der Waals surface area contributed by atoms with Gasteiger partial charge in [-0.3, -0.25) is 14.5 Å². The first-order valence-electron chi connectivity index (χ1n) is 9.62. The van der Waals surface area contributed by atoms with E-state index in [0.717, 1.165) is 38.3 Å². The Bertz CT molecular complexity index is 785. The van der Waals surface area contributed by atoms with Gasteiger partial charge < -0.3 is 15.5 Å². The van der Waals surface area contributed by atoms with Gasteiger partial charge in [0, 0.05) is 39.3 Å². The molecule has 150 valence electrons. The molecule has 1 aliphatic rings. The highest BCUT2D eigenvalue weighted by molar-refractivity contribution is 7.12. The number of amides is 2. The smallest absolute Gasteiger partial charge is 0.261 e. The lowest BCUT2D eigenvalue weighted by Crippen LogP contribution is -2.44. The molecule has 0 radical (unpaired) electrons. The number of hydrogen-bond acceptors (Lipinski definition) is 5. The Morgan fingerprint density at radius 2 is 1.86 bits per heavy atom. The van der Waals surface area contributed by atoms with Crippen LogP contribution in [0.15, 0.2) is 41.8 Å². The quantitative estimate of drug-likeness (QED) is 0.746. The molecule has 7 heteroatoms. The van der Waals surface area contributed by atoms with Crippen LogP contribution in [0.3, 0.4) is 0 Å². The number of benzene rings is 1. The maximum atomic E-state index is 12.3. The third kappa shape index (κ3) is 5.89. The second kappa shape index (κ2) is 9.82. The number of nitrogens with zero attached hydrogens (tertiary/aromatic N) is 2. The first kappa shape index (κ1) is 20.5. The van der Waals surface area contributed by atoms with Crippen LogP contribution >= 0.6 is 11.3 Å². The van der Waals surface area contributed by atoms with Gasteiger partial charge in [-0.2, -0.15) is 0 Å². The van der Waals surface area contributed by atoms with Crippen molar-refractivity contribution in [1.29, 1.82) is 0 Å². The van der Waals surface area contributed by atoms with Gasteiger partial charge in [-0.05, 0) is 36.5 Å². The zero-order valence-corrected chi connectivity index (χ0v) is 17.3. The van der Waals surface area contributed by atoms with E-state index in [4.69, 9.17) is 0 Å². The highest BCUT2D eigenvalue weighted by atomic mass is 32.1. The fourth-order valence-corrected chi connectivity index (χ4v) is 3.81. The Morgan fingerprint density at radius 1 is 1.11 bits per heavy atom. The van der Waals surface area contributed by atoms with Crippen LogP contribution in [-0.2, 0) is 17.9 Å². The van der Waals surface area contributed by atoms with Gasteiger partial charge in [-0.1, -0.05) is 30.3 Å². The number of carbonyl (C=O) groups is 2. The second-order valence-corrected chi connectivity index (χ2v) is 8.24. The summed E-state index contributed by atoms with van der Waals surface area (Å²) in [5.74, 6) is -0.402. The van der Waals surface area contributed by atoms with E-state index in [9.17, 15) is 9.59 Å². The lowest BCUT2D eigenvalue weighted by atomic mass is 10.1. The van der Waals surface area contributed by atoms with Crippen LogP contribution in [0, 0.1) is 0 Å². The van der Waals surface area contributed by atoms with Crippen molar-refractivity contribution in [2.24, 2.45) is 0 Å². The monoisotopic (exact) mass is 400 g/mol. The SMILES string of the molecule is CC(NC(=O)c1cccs1)C(=O)NCc1cccc(CN2CCN(C)CC2)c1. The minimum atomic E-state index is -0.580. The van der Waals surface area contributed by atoms with Gasteiger partial charge in [-0.25, -0.2) is 0 Å². The van der Waals surface area contributed by atoms with Crippen molar-refractivity contribution < 1.29 is 9.59 Å². The molecule has 2 heterocycles. The van der Waals surface area contributed by atoms with E-state index >= 15 is 0 Å². The van der Waals surface area contributed by atoms with Crippen molar-refractivity contribution in [3.05, 3.63) is 57.8 Å². The van der Waals surface area contributed by atoms with Gasteiger partial charge in [-0.15, -0.1) is 11.3 Å². The third-order valence-corrected chi connectivity index (χ3v) is 5.81. The topological polar surface area (TPSA) is 64.7 Å². The molecule has 1 aromatic heterocycles. The van der Waals surface area contributed by atoms with Gasteiger partial charge in [0.15, 0.2) is 0 Å². The molecule has 2 aromatic rings. The fourth-order valence-electron chi connectivity index (χ4n) is 3.19. The Morgan fingerprint density at radius 3 is 2.57 bits per heavy atom. The lowest BCUT2D eigenvalue weighted by molar-refractivity contribution is -0.122. The van der Waals surface area contributed by atoms with E-state index in [1.54, 1.807) is 13.0 Å². The molecule has 1 unspecified atom stereocenters. The largest absolute Gasteiger partial charge is 0.350 e. The van der Waals surface area contributed by atoms with Crippen LogP contribution < -0.4 is 10.6 Å². The van der Waals surface area contributed by atoms with Gasteiger partial charge in [0.05, 0.1) is 4.88 Å². The standard InChI is InChI=1S/C21H28N4O2S/c1-16(23-21(27)19-7-4-12-28-19)20(26)22-14-17-5-3-6-18(13-17)15-25-10-8-24(2)9-11-25/h3-7,12-13,16H,8-11,14-15H2,1-2H3,(H,22,26)(H,23,27). The molecule has 0 saturated carbocycles. The molecule has 1 aromatic carbocycles. The fraction of sp³-hybridized carbons (Fsp3) is 0.429. The maximum absolute atomic E-state index is 12.3. The predicted molar refractivity (Wildman–Crippen MR) is 112 cm³/mol. The number of thiophene rings is 1. The Labute approximate surface area is 170 Å². The molecule has 28 heavy (non-hydrogen) atoms. The first-order valence-corrected chi connectivity index (χ1v) is 10.5. The summed E-state index contributed by atoms with van der Waals surface area (Å²) >= 11 is 1.36. The molecule has 6 nitrogen and oxygen atoms in total. The number of rotatable bonds is 7. The highest BCUT2D eigenvalue weighted by Crippen LogP contribution is 2.11. The summed E-state index contributed by atoms with van der Waals surface area (Å²) < 4.78 is 0. The van der Waals surface area contributed by atoms with Crippen LogP contribution in [0.1, 0.15) is 27.7 Å². The first-order chi connectivity index (χ1) is 13.5. The molecule has 1 aliphatic heterocycles. The Kier molecular flexibility index (Phi) is 7.19. The van der Waals surface area contributed by atoms with Crippen LogP contribution in [-0.4, -0.2) is 60.9 Å². The van der Waals surface area contributed by atoms with Crippen molar-refractivity contribution >= 4 is 23.2 Å². The van der Waals surface area contributed by atoms with Crippen LogP contribution in [0.25, 0.3) is 0 Å².